The van der Waals surface area contributed by atoms with Gasteiger partial charge in [-0.05, 0) is 70.9 Å². The lowest BCUT2D eigenvalue weighted by Gasteiger charge is -2.52. The maximum Gasteiger partial charge on any atom is 0.306 e. The van der Waals surface area contributed by atoms with Crippen LogP contribution in [0.4, 0.5) is 0 Å². The van der Waals surface area contributed by atoms with E-state index in [-0.39, 0.29) is 11.6 Å². The molecule has 2 fully saturated rings. The van der Waals surface area contributed by atoms with Crippen LogP contribution >= 0.6 is 0 Å². The van der Waals surface area contributed by atoms with Crippen molar-refractivity contribution in [1.82, 2.24) is 4.90 Å². The van der Waals surface area contributed by atoms with Crippen LogP contribution in [0.15, 0.2) is 0 Å². The number of piperidine rings is 1. The molecule has 1 spiro atoms. The van der Waals surface area contributed by atoms with E-state index < -0.39 is 0 Å². The summed E-state index contributed by atoms with van der Waals surface area (Å²) in [5, 5.41) is 0. The second-order valence-corrected chi connectivity index (χ2v) is 7.55. The van der Waals surface area contributed by atoms with Crippen molar-refractivity contribution in [2.75, 3.05) is 19.6 Å². The zero-order chi connectivity index (χ0) is 14.8. The fourth-order valence-electron chi connectivity index (χ4n) is 3.65. The molecule has 112 valence electrons. The molecule has 3 heteroatoms. The Morgan fingerprint density at radius 2 is 1.95 bits per heavy atom. The van der Waals surface area contributed by atoms with E-state index in [9.17, 15) is 4.79 Å². The van der Waals surface area contributed by atoms with Crippen molar-refractivity contribution < 1.29 is 9.53 Å². The van der Waals surface area contributed by atoms with Crippen molar-refractivity contribution in [3.63, 3.8) is 0 Å². The number of carbonyl (C=O) groups is 1. The fraction of sp³-hybridized carbons (Fsp3) is 0.824. The largest absolute Gasteiger partial charge is 0.460 e. The number of rotatable bonds is 3. The Morgan fingerprint density at radius 3 is 2.45 bits per heavy atom. The molecule has 2 rings (SSSR count). The van der Waals surface area contributed by atoms with Crippen LogP contribution in [0, 0.1) is 23.7 Å². The Morgan fingerprint density at radius 1 is 1.35 bits per heavy atom. The number of carbonyl (C=O) groups excluding carboxylic acids is 1. The molecule has 1 saturated carbocycles. The highest BCUT2D eigenvalue weighted by Gasteiger charge is 2.46. The van der Waals surface area contributed by atoms with Crippen LogP contribution in [0.3, 0.4) is 0 Å². The number of nitrogens with zero attached hydrogens (tertiary/aromatic N) is 1. The Hall–Kier alpha value is -1.01. The SMILES string of the molecule is C#CCN1CCC2(CC1)CC(CC(=O)OC(C)(C)C)C2. The molecule has 3 nitrogen and oxygen atoms in total. The molecule has 0 amide bonds. The summed E-state index contributed by atoms with van der Waals surface area (Å²) in [6, 6.07) is 0. The van der Waals surface area contributed by atoms with Gasteiger partial charge in [0.1, 0.15) is 5.60 Å². The van der Waals surface area contributed by atoms with Gasteiger partial charge in [-0.3, -0.25) is 9.69 Å². The summed E-state index contributed by atoms with van der Waals surface area (Å²) in [6.07, 6.45) is 10.8. The highest BCUT2D eigenvalue weighted by molar-refractivity contribution is 5.70. The molecule has 0 aromatic heterocycles. The minimum atomic E-state index is -0.362. The van der Waals surface area contributed by atoms with E-state index in [0.717, 1.165) is 19.6 Å². The third-order valence-corrected chi connectivity index (χ3v) is 4.55. The summed E-state index contributed by atoms with van der Waals surface area (Å²) in [6.45, 7) is 8.78. The van der Waals surface area contributed by atoms with Gasteiger partial charge in [-0.2, -0.15) is 0 Å². The quantitative estimate of drug-likeness (QED) is 0.587. The molecule has 0 aromatic carbocycles. The average molecular weight is 277 g/mol. The van der Waals surface area contributed by atoms with Crippen molar-refractivity contribution in [3.8, 4) is 12.3 Å². The number of likely N-dealkylation sites (tertiary alicyclic amines) is 1. The number of terminal acetylenes is 1. The smallest absolute Gasteiger partial charge is 0.306 e. The molecule has 1 aliphatic heterocycles. The molecule has 0 aromatic rings. The standard InChI is InChI=1S/C17H27NO2/c1-5-8-18-9-6-17(7-10-18)12-14(13-17)11-15(19)20-16(2,3)4/h1,14H,6-13H2,2-4H3. The predicted molar refractivity (Wildman–Crippen MR) is 80.1 cm³/mol. The number of esters is 1. The van der Waals surface area contributed by atoms with Gasteiger partial charge in [-0.25, -0.2) is 0 Å². The second-order valence-electron chi connectivity index (χ2n) is 7.55. The average Bonchev–Trinajstić information content (AvgIpc) is 2.27. The molecule has 0 atom stereocenters. The first kappa shape index (κ1) is 15.4. The number of ether oxygens (including phenoxy) is 1. The molecule has 0 N–H and O–H groups in total. The van der Waals surface area contributed by atoms with Crippen LogP contribution < -0.4 is 0 Å². The molecular formula is C17H27NO2. The van der Waals surface area contributed by atoms with E-state index in [1.54, 1.807) is 0 Å². The van der Waals surface area contributed by atoms with E-state index in [2.05, 4.69) is 10.8 Å². The molecule has 0 radical (unpaired) electrons. The van der Waals surface area contributed by atoms with E-state index in [4.69, 9.17) is 11.2 Å². The molecule has 1 saturated heterocycles. The highest BCUT2D eigenvalue weighted by atomic mass is 16.6. The second kappa shape index (κ2) is 5.77. The van der Waals surface area contributed by atoms with Gasteiger partial charge in [0.05, 0.1) is 6.54 Å². The Kier molecular flexibility index (Phi) is 4.44. The van der Waals surface area contributed by atoms with E-state index >= 15 is 0 Å². The molecule has 0 bridgehead atoms. The summed E-state index contributed by atoms with van der Waals surface area (Å²) in [5.74, 6) is 3.21. The van der Waals surface area contributed by atoms with Crippen LogP contribution in [0.25, 0.3) is 0 Å². The molecule has 1 aliphatic carbocycles. The summed E-state index contributed by atoms with van der Waals surface area (Å²) in [7, 11) is 0. The first-order valence-corrected chi connectivity index (χ1v) is 7.70. The minimum absolute atomic E-state index is 0.0397. The maximum absolute atomic E-state index is 11.8. The van der Waals surface area contributed by atoms with Crippen molar-refractivity contribution in [1.29, 1.82) is 0 Å². The summed E-state index contributed by atoms with van der Waals surface area (Å²) in [4.78, 5) is 14.2. The van der Waals surface area contributed by atoms with Crippen molar-refractivity contribution >= 4 is 5.97 Å². The Bertz CT molecular complexity index is 386. The van der Waals surface area contributed by atoms with Gasteiger partial charge >= 0.3 is 5.97 Å². The topological polar surface area (TPSA) is 29.5 Å². The maximum atomic E-state index is 11.8. The number of hydrogen-bond donors (Lipinski definition) is 0. The molecule has 0 unspecified atom stereocenters. The Labute approximate surface area is 123 Å². The fourth-order valence-corrected chi connectivity index (χ4v) is 3.65. The third kappa shape index (κ3) is 3.99. The van der Waals surface area contributed by atoms with E-state index in [0.29, 0.717) is 17.8 Å². The third-order valence-electron chi connectivity index (χ3n) is 4.55. The highest BCUT2D eigenvalue weighted by Crippen LogP contribution is 2.53. The van der Waals surface area contributed by atoms with Crippen molar-refractivity contribution in [2.24, 2.45) is 11.3 Å². The summed E-state index contributed by atoms with van der Waals surface area (Å²) in [5.41, 5.74) is 0.136. The zero-order valence-corrected chi connectivity index (χ0v) is 13.1. The predicted octanol–water partition coefficient (Wildman–Crippen LogP) is 2.84. The molecule has 2 aliphatic rings. The Balaban J connectivity index is 1.70. The van der Waals surface area contributed by atoms with Crippen molar-refractivity contribution in [2.45, 2.75) is 58.5 Å². The minimum Gasteiger partial charge on any atom is -0.460 e. The van der Waals surface area contributed by atoms with Crippen LogP contribution in [-0.2, 0) is 9.53 Å². The molecular weight excluding hydrogens is 250 g/mol. The van der Waals surface area contributed by atoms with Crippen LogP contribution in [0.5, 0.6) is 0 Å². The lowest BCUT2D eigenvalue weighted by Crippen LogP contribution is -2.47. The van der Waals surface area contributed by atoms with Gasteiger partial charge in [0.15, 0.2) is 0 Å². The molecule has 1 heterocycles. The summed E-state index contributed by atoms with van der Waals surface area (Å²) < 4.78 is 5.40. The number of hydrogen-bond acceptors (Lipinski definition) is 3. The van der Waals surface area contributed by atoms with Gasteiger partial charge in [-0.15, -0.1) is 6.42 Å². The van der Waals surface area contributed by atoms with Gasteiger partial charge in [0.2, 0.25) is 0 Å². The first-order valence-electron chi connectivity index (χ1n) is 7.70. The van der Waals surface area contributed by atoms with Gasteiger partial charge < -0.3 is 4.74 Å². The van der Waals surface area contributed by atoms with Gasteiger partial charge in [-0.1, -0.05) is 5.92 Å². The first-order chi connectivity index (χ1) is 9.32. The lowest BCUT2D eigenvalue weighted by atomic mass is 9.57. The lowest BCUT2D eigenvalue weighted by molar-refractivity contribution is -0.158. The van der Waals surface area contributed by atoms with E-state index in [1.165, 1.54) is 25.7 Å². The van der Waals surface area contributed by atoms with E-state index in [1.807, 2.05) is 20.8 Å². The molecule has 20 heavy (non-hydrogen) atoms. The van der Waals surface area contributed by atoms with Crippen molar-refractivity contribution in [3.05, 3.63) is 0 Å². The van der Waals surface area contributed by atoms with Gasteiger partial charge in [0, 0.05) is 6.42 Å². The normalized spacial score (nSPS) is 23.1. The summed E-state index contributed by atoms with van der Waals surface area (Å²) >= 11 is 0. The van der Waals surface area contributed by atoms with Crippen LogP contribution in [0.1, 0.15) is 52.9 Å². The van der Waals surface area contributed by atoms with Crippen LogP contribution in [-0.4, -0.2) is 36.1 Å². The monoisotopic (exact) mass is 277 g/mol. The van der Waals surface area contributed by atoms with Crippen LogP contribution in [0.2, 0.25) is 0 Å². The zero-order valence-electron chi connectivity index (χ0n) is 13.1. The van der Waals surface area contributed by atoms with Gasteiger partial charge in [0.25, 0.3) is 0 Å².